The molecule has 2 unspecified atom stereocenters. The van der Waals surface area contributed by atoms with Crippen molar-refractivity contribution in [2.45, 2.75) is 20.0 Å². The van der Waals surface area contributed by atoms with Crippen molar-refractivity contribution in [3.05, 3.63) is 12.2 Å². The number of hydrogen-bond donors (Lipinski definition) is 0. The summed E-state index contributed by atoms with van der Waals surface area (Å²) in [7, 11) is -0.275. The summed E-state index contributed by atoms with van der Waals surface area (Å²) in [4.78, 5) is 11.0. The van der Waals surface area contributed by atoms with Crippen molar-refractivity contribution in [2.24, 2.45) is 0 Å². The van der Waals surface area contributed by atoms with Crippen molar-refractivity contribution in [2.75, 3.05) is 26.5 Å². The Labute approximate surface area is 96.6 Å². The van der Waals surface area contributed by atoms with E-state index in [0.717, 1.165) is 0 Å². The zero-order chi connectivity index (χ0) is 12.6. The zero-order valence-corrected chi connectivity index (χ0v) is 10.8. The molecule has 0 heterocycles. The molecule has 2 atom stereocenters. The van der Waals surface area contributed by atoms with E-state index in [9.17, 15) is 9.36 Å². The van der Waals surface area contributed by atoms with Crippen LogP contribution in [-0.2, 0) is 23.4 Å². The molecule has 0 aliphatic carbocycles. The maximum Gasteiger partial charge on any atom is 0.512 e. The van der Waals surface area contributed by atoms with Crippen LogP contribution in [0.2, 0.25) is 0 Å². The number of methoxy groups -OCH3 is 1. The number of ether oxygens (including phenoxy) is 2. The minimum absolute atomic E-state index is 0.0700. The Kier molecular flexibility index (Phi) is 7.99. The van der Waals surface area contributed by atoms with Gasteiger partial charge in [-0.1, -0.05) is 6.58 Å². The summed E-state index contributed by atoms with van der Waals surface area (Å²) in [6.45, 7) is 7.20. The fourth-order valence-corrected chi connectivity index (χ4v) is 1.66. The molecule has 0 aromatic heterocycles. The van der Waals surface area contributed by atoms with Crippen molar-refractivity contribution in [1.82, 2.24) is 0 Å². The monoisotopic (exact) mass is 249 g/mol. The summed E-state index contributed by atoms with van der Waals surface area (Å²) >= 11 is 0. The molecule has 92 valence electrons. The van der Waals surface area contributed by atoms with Crippen LogP contribution in [0.15, 0.2) is 12.2 Å². The molecule has 0 aliphatic heterocycles. The van der Waals surface area contributed by atoms with Gasteiger partial charge in [0, 0.05) is 12.7 Å². The molecule has 0 saturated carbocycles. The van der Waals surface area contributed by atoms with Gasteiger partial charge in [0.05, 0.1) is 6.61 Å². The average molecular weight is 249 g/mol. The number of carbonyl (C=O) groups excluding carboxylic acids is 1. The van der Waals surface area contributed by atoms with Crippen molar-refractivity contribution in [3.63, 3.8) is 0 Å². The third kappa shape index (κ3) is 7.51. The topological polar surface area (TPSA) is 61.8 Å². The first-order valence-corrected chi connectivity index (χ1v) is 6.26. The molecule has 0 radical (unpaired) electrons. The molecule has 0 saturated heterocycles. The standard InChI is InChI=1S/C10H18O5P/c1-8(2)10(11)14-5-6-16(12)15-9(3)7-13-4/h9H,1,5-7H2,2-4H3/q+1. The molecular weight excluding hydrogens is 231 g/mol. The third-order valence-electron chi connectivity index (χ3n) is 1.55. The first-order chi connectivity index (χ1) is 7.47. The Morgan fingerprint density at radius 1 is 1.50 bits per heavy atom. The summed E-state index contributed by atoms with van der Waals surface area (Å²) < 4.78 is 26.1. The summed E-state index contributed by atoms with van der Waals surface area (Å²) in [6.07, 6.45) is -0.0481. The maximum absolute atomic E-state index is 11.3. The minimum atomic E-state index is -1.82. The van der Waals surface area contributed by atoms with Gasteiger partial charge in [0.25, 0.3) is 0 Å². The van der Waals surface area contributed by atoms with Crippen LogP contribution >= 0.6 is 8.03 Å². The lowest BCUT2D eigenvalue weighted by molar-refractivity contribution is -0.138. The normalized spacial score (nSPS) is 13.1. The Bertz CT molecular complexity index is 264. The van der Waals surface area contributed by atoms with Crippen LogP contribution in [0, 0.1) is 0 Å². The van der Waals surface area contributed by atoms with Crippen LogP contribution in [0.25, 0.3) is 0 Å². The summed E-state index contributed by atoms with van der Waals surface area (Å²) in [5, 5.41) is 0. The van der Waals surface area contributed by atoms with Gasteiger partial charge in [-0.15, -0.1) is 4.52 Å². The lowest BCUT2D eigenvalue weighted by Gasteiger charge is -2.02. The quantitative estimate of drug-likeness (QED) is 0.373. The van der Waals surface area contributed by atoms with Crippen LogP contribution in [-0.4, -0.2) is 38.6 Å². The predicted octanol–water partition coefficient (Wildman–Crippen LogP) is 1.90. The zero-order valence-electron chi connectivity index (χ0n) is 9.89. The van der Waals surface area contributed by atoms with Gasteiger partial charge in [-0.3, -0.25) is 0 Å². The number of rotatable bonds is 8. The third-order valence-corrected chi connectivity index (χ3v) is 2.70. The van der Waals surface area contributed by atoms with Crippen LogP contribution in [0.1, 0.15) is 13.8 Å². The van der Waals surface area contributed by atoms with E-state index in [-0.39, 0.29) is 18.9 Å². The van der Waals surface area contributed by atoms with Crippen LogP contribution in [0.5, 0.6) is 0 Å². The number of carbonyl (C=O) groups is 1. The molecule has 16 heavy (non-hydrogen) atoms. The first kappa shape index (κ1) is 15.2. The molecule has 0 bridgehead atoms. The van der Waals surface area contributed by atoms with Crippen molar-refractivity contribution in [1.29, 1.82) is 0 Å². The number of hydrogen-bond acceptors (Lipinski definition) is 5. The second-order valence-electron chi connectivity index (χ2n) is 3.34. The fraction of sp³-hybridized carbons (Fsp3) is 0.700. The van der Waals surface area contributed by atoms with E-state index in [1.165, 1.54) is 0 Å². The fourth-order valence-electron chi connectivity index (χ4n) is 0.855. The predicted molar refractivity (Wildman–Crippen MR) is 60.7 cm³/mol. The van der Waals surface area contributed by atoms with Gasteiger partial charge in [0.2, 0.25) is 6.16 Å². The molecule has 0 spiro atoms. The van der Waals surface area contributed by atoms with Crippen molar-refractivity contribution in [3.8, 4) is 0 Å². The van der Waals surface area contributed by atoms with Gasteiger partial charge in [-0.05, 0) is 18.4 Å². The van der Waals surface area contributed by atoms with Gasteiger partial charge in [0.1, 0.15) is 12.7 Å². The Hall–Kier alpha value is -0.770. The molecule has 0 amide bonds. The largest absolute Gasteiger partial charge is 0.512 e. The smallest absolute Gasteiger partial charge is 0.458 e. The summed E-state index contributed by atoms with van der Waals surface area (Å²) in [5.41, 5.74) is 0.323. The molecule has 0 N–H and O–H groups in total. The molecule has 0 fully saturated rings. The average Bonchev–Trinajstić information content (AvgIpc) is 2.17. The highest BCUT2D eigenvalue weighted by Gasteiger charge is 2.22. The van der Waals surface area contributed by atoms with Crippen LogP contribution < -0.4 is 0 Å². The Morgan fingerprint density at radius 3 is 2.62 bits per heavy atom. The highest BCUT2D eigenvalue weighted by Crippen LogP contribution is 2.24. The van der Waals surface area contributed by atoms with E-state index in [1.807, 2.05) is 0 Å². The second-order valence-corrected chi connectivity index (χ2v) is 4.67. The van der Waals surface area contributed by atoms with Gasteiger partial charge in [0.15, 0.2) is 0 Å². The van der Waals surface area contributed by atoms with E-state index in [4.69, 9.17) is 14.0 Å². The van der Waals surface area contributed by atoms with E-state index >= 15 is 0 Å². The summed E-state index contributed by atoms with van der Waals surface area (Å²) in [6, 6.07) is 0. The first-order valence-electron chi connectivity index (χ1n) is 4.90. The van der Waals surface area contributed by atoms with Crippen LogP contribution in [0.3, 0.4) is 0 Å². The molecule has 5 nitrogen and oxygen atoms in total. The Balaban J connectivity index is 3.66. The summed E-state index contributed by atoms with van der Waals surface area (Å²) in [5.74, 6) is -0.478. The van der Waals surface area contributed by atoms with Crippen LogP contribution in [0.4, 0.5) is 0 Å². The van der Waals surface area contributed by atoms with Gasteiger partial charge in [-0.2, -0.15) is 0 Å². The van der Waals surface area contributed by atoms with Gasteiger partial charge in [-0.25, -0.2) is 4.79 Å². The van der Waals surface area contributed by atoms with Crippen molar-refractivity contribution >= 4 is 14.0 Å². The lowest BCUT2D eigenvalue weighted by Crippen LogP contribution is -2.13. The molecule has 0 rings (SSSR count). The molecule has 0 aromatic rings. The molecular formula is C10H18O5P+. The Morgan fingerprint density at radius 2 is 2.12 bits per heavy atom. The number of esters is 1. The SMILES string of the molecule is C=C(C)C(=O)OCC[P+](=O)OC(C)COC. The second kappa shape index (κ2) is 8.39. The van der Waals surface area contributed by atoms with E-state index < -0.39 is 14.0 Å². The van der Waals surface area contributed by atoms with Gasteiger partial charge >= 0.3 is 14.0 Å². The highest BCUT2D eigenvalue weighted by molar-refractivity contribution is 7.39. The molecule has 0 aromatic carbocycles. The lowest BCUT2D eigenvalue weighted by atomic mass is 10.4. The minimum Gasteiger partial charge on any atom is -0.458 e. The molecule has 6 heteroatoms. The van der Waals surface area contributed by atoms with Gasteiger partial charge < -0.3 is 9.47 Å². The van der Waals surface area contributed by atoms with E-state index in [1.54, 1.807) is 21.0 Å². The van der Waals surface area contributed by atoms with Crippen molar-refractivity contribution < 1.29 is 23.4 Å². The maximum atomic E-state index is 11.3. The molecule has 0 aliphatic rings. The highest BCUT2D eigenvalue weighted by atomic mass is 31.1. The van der Waals surface area contributed by atoms with E-state index in [0.29, 0.717) is 12.2 Å². The van der Waals surface area contributed by atoms with E-state index in [2.05, 4.69) is 6.58 Å².